The zero-order valence-corrected chi connectivity index (χ0v) is 12.4. The number of nitrogens with zero attached hydrogens (tertiary/aromatic N) is 1. The maximum Gasteiger partial charge on any atom is 0.0753 e. The van der Waals surface area contributed by atoms with Gasteiger partial charge in [-0.25, -0.2) is 0 Å². The molecule has 1 aromatic heterocycles. The largest absolute Gasteiger partial charge is 0.381 e. The molecule has 3 unspecified atom stereocenters. The summed E-state index contributed by atoms with van der Waals surface area (Å²) in [4.78, 5) is 4.54. The molecule has 3 rings (SSSR count). The van der Waals surface area contributed by atoms with Gasteiger partial charge in [0.2, 0.25) is 0 Å². The fraction of sp³-hybridized carbons (Fsp3) is 0.389. The summed E-state index contributed by atoms with van der Waals surface area (Å²) in [6, 6.07) is 17.3. The van der Waals surface area contributed by atoms with Crippen molar-refractivity contribution >= 4 is 0 Å². The summed E-state index contributed by atoms with van der Waals surface area (Å²) in [7, 11) is 1.81. The van der Waals surface area contributed by atoms with Crippen molar-refractivity contribution in [2.45, 2.75) is 37.5 Å². The molecule has 2 aromatic rings. The Balaban J connectivity index is 1.80. The van der Waals surface area contributed by atoms with Crippen molar-refractivity contribution in [3.63, 3.8) is 0 Å². The van der Waals surface area contributed by atoms with E-state index >= 15 is 0 Å². The number of hydrogen-bond acceptors (Lipinski definition) is 3. The lowest BCUT2D eigenvalue weighted by atomic mass is 10.0. The van der Waals surface area contributed by atoms with Gasteiger partial charge < -0.3 is 10.1 Å². The van der Waals surface area contributed by atoms with Crippen LogP contribution in [-0.2, 0) is 4.74 Å². The van der Waals surface area contributed by atoms with Crippen molar-refractivity contribution in [2.24, 2.45) is 0 Å². The third kappa shape index (κ3) is 3.49. The molecule has 1 fully saturated rings. The molecule has 0 spiro atoms. The molecule has 1 aliphatic rings. The van der Waals surface area contributed by atoms with E-state index in [0.29, 0.717) is 12.1 Å². The lowest BCUT2D eigenvalue weighted by Gasteiger charge is -2.23. The molecule has 0 radical (unpaired) electrons. The zero-order valence-electron chi connectivity index (χ0n) is 12.4. The van der Waals surface area contributed by atoms with Gasteiger partial charge in [-0.3, -0.25) is 4.98 Å². The Morgan fingerprint density at radius 3 is 2.57 bits per heavy atom. The van der Waals surface area contributed by atoms with Gasteiger partial charge in [0.05, 0.1) is 17.8 Å². The van der Waals surface area contributed by atoms with Crippen LogP contribution in [0.1, 0.15) is 36.6 Å². The maximum absolute atomic E-state index is 5.48. The first-order chi connectivity index (χ1) is 10.4. The van der Waals surface area contributed by atoms with E-state index in [-0.39, 0.29) is 6.04 Å². The number of pyridine rings is 1. The van der Waals surface area contributed by atoms with Crippen LogP contribution < -0.4 is 5.32 Å². The molecule has 0 bridgehead atoms. The highest BCUT2D eigenvalue weighted by atomic mass is 16.5. The highest BCUT2D eigenvalue weighted by molar-refractivity contribution is 5.27. The van der Waals surface area contributed by atoms with E-state index < -0.39 is 0 Å². The first-order valence-corrected chi connectivity index (χ1v) is 7.61. The van der Waals surface area contributed by atoms with E-state index in [2.05, 4.69) is 46.7 Å². The highest BCUT2D eigenvalue weighted by Crippen LogP contribution is 2.27. The predicted octanol–water partition coefficient (Wildman–Crippen LogP) is 3.33. The van der Waals surface area contributed by atoms with Crippen LogP contribution in [0.15, 0.2) is 54.7 Å². The number of rotatable bonds is 5. The fourth-order valence-electron chi connectivity index (χ4n) is 3.09. The second-order valence-electron chi connectivity index (χ2n) is 5.63. The third-order valence-corrected chi connectivity index (χ3v) is 4.24. The predicted molar refractivity (Wildman–Crippen MR) is 84.1 cm³/mol. The van der Waals surface area contributed by atoms with E-state index in [4.69, 9.17) is 4.74 Å². The molecule has 1 aliphatic carbocycles. The summed E-state index contributed by atoms with van der Waals surface area (Å²) in [5, 5.41) is 3.77. The molecule has 1 N–H and O–H groups in total. The van der Waals surface area contributed by atoms with Crippen LogP contribution in [-0.4, -0.2) is 24.2 Å². The van der Waals surface area contributed by atoms with Crippen LogP contribution in [0.25, 0.3) is 0 Å². The summed E-state index contributed by atoms with van der Waals surface area (Å²) in [6.07, 6.45) is 5.63. The van der Waals surface area contributed by atoms with E-state index in [9.17, 15) is 0 Å². The Hall–Kier alpha value is -1.71. The minimum Gasteiger partial charge on any atom is -0.381 e. The van der Waals surface area contributed by atoms with E-state index in [1.54, 1.807) is 7.11 Å². The minimum absolute atomic E-state index is 0.146. The van der Waals surface area contributed by atoms with Gasteiger partial charge >= 0.3 is 0 Å². The standard InChI is InChI=1S/C18H22N2O/c1-21-16-11-10-15(13-16)20-18(14-7-3-2-4-8-14)17-9-5-6-12-19-17/h2-9,12,15-16,18,20H,10-11,13H2,1H3. The summed E-state index contributed by atoms with van der Waals surface area (Å²) in [5.41, 5.74) is 2.33. The SMILES string of the molecule is COC1CCC(NC(c2ccccc2)c2ccccn2)C1. The van der Waals surface area contributed by atoms with E-state index in [0.717, 1.165) is 25.0 Å². The van der Waals surface area contributed by atoms with Crippen molar-refractivity contribution in [3.8, 4) is 0 Å². The van der Waals surface area contributed by atoms with Gasteiger partial charge in [0, 0.05) is 19.3 Å². The first-order valence-electron chi connectivity index (χ1n) is 7.61. The minimum atomic E-state index is 0.146. The van der Waals surface area contributed by atoms with Gasteiger partial charge in [0.15, 0.2) is 0 Å². The zero-order chi connectivity index (χ0) is 14.5. The van der Waals surface area contributed by atoms with E-state index in [1.807, 2.05) is 18.3 Å². The Labute approximate surface area is 126 Å². The van der Waals surface area contributed by atoms with E-state index in [1.165, 1.54) is 5.56 Å². The molecule has 3 nitrogen and oxygen atoms in total. The normalized spacial score (nSPS) is 23.1. The van der Waals surface area contributed by atoms with Crippen LogP contribution in [0, 0.1) is 0 Å². The van der Waals surface area contributed by atoms with Crippen LogP contribution in [0.5, 0.6) is 0 Å². The fourth-order valence-corrected chi connectivity index (χ4v) is 3.09. The number of aromatic nitrogens is 1. The van der Waals surface area contributed by atoms with Crippen LogP contribution in [0.2, 0.25) is 0 Å². The quantitative estimate of drug-likeness (QED) is 0.913. The summed E-state index contributed by atoms with van der Waals surface area (Å²) in [6.45, 7) is 0. The smallest absolute Gasteiger partial charge is 0.0753 e. The Bertz CT molecular complexity index is 504. The second kappa shape index (κ2) is 6.83. The Kier molecular flexibility index (Phi) is 4.63. The summed E-state index contributed by atoms with van der Waals surface area (Å²) < 4.78 is 5.48. The number of ether oxygens (including phenoxy) is 1. The average Bonchev–Trinajstić information content (AvgIpc) is 3.02. The average molecular weight is 282 g/mol. The molecule has 3 heteroatoms. The third-order valence-electron chi connectivity index (χ3n) is 4.24. The van der Waals surface area contributed by atoms with Gasteiger partial charge in [-0.2, -0.15) is 0 Å². The molecule has 110 valence electrons. The van der Waals surface area contributed by atoms with Crippen molar-refractivity contribution in [1.82, 2.24) is 10.3 Å². The maximum atomic E-state index is 5.48. The summed E-state index contributed by atoms with van der Waals surface area (Å²) >= 11 is 0. The number of methoxy groups -OCH3 is 1. The van der Waals surface area contributed by atoms with Gasteiger partial charge in [-0.1, -0.05) is 36.4 Å². The van der Waals surface area contributed by atoms with Crippen molar-refractivity contribution in [3.05, 3.63) is 66.0 Å². The topological polar surface area (TPSA) is 34.1 Å². The van der Waals surface area contributed by atoms with Crippen molar-refractivity contribution < 1.29 is 4.74 Å². The van der Waals surface area contributed by atoms with Crippen molar-refractivity contribution in [1.29, 1.82) is 0 Å². The lowest BCUT2D eigenvalue weighted by Crippen LogP contribution is -2.32. The molecular formula is C18H22N2O. The molecule has 1 heterocycles. The molecule has 0 saturated heterocycles. The Morgan fingerprint density at radius 2 is 1.90 bits per heavy atom. The molecular weight excluding hydrogens is 260 g/mol. The number of nitrogens with one attached hydrogen (secondary N) is 1. The molecule has 1 aromatic carbocycles. The molecule has 1 saturated carbocycles. The molecule has 0 amide bonds. The first kappa shape index (κ1) is 14.2. The molecule has 3 atom stereocenters. The van der Waals surface area contributed by atoms with Crippen molar-refractivity contribution in [2.75, 3.05) is 7.11 Å². The monoisotopic (exact) mass is 282 g/mol. The van der Waals surface area contributed by atoms with Crippen LogP contribution in [0.4, 0.5) is 0 Å². The van der Waals surface area contributed by atoms with Gasteiger partial charge in [-0.15, -0.1) is 0 Å². The lowest BCUT2D eigenvalue weighted by molar-refractivity contribution is 0.106. The van der Waals surface area contributed by atoms with Gasteiger partial charge in [0.1, 0.15) is 0 Å². The summed E-state index contributed by atoms with van der Waals surface area (Å²) in [5.74, 6) is 0. The second-order valence-corrected chi connectivity index (χ2v) is 5.63. The number of benzene rings is 1. The Morgan fingerprint density at radius 1 is 1.10 bits per heavy atom. The van der Waals surface area contributed by atoms with Gasteiger partial charge in [-0.05, 0) is 37.0 Å². The van der Waals surface area contributed by atoms with Crippen LogP contribution >= 0.6 is 0 Å². The molecule has 0 aliphatic heterocycles. The highest BCUT2D eigenvalue weighted by Gasteiger charge is 2.27. The van der Waals surface area contributed by atoms with Crippen LogP contribution in [0.3, 0.4) is 0 Å². The number of hydrogen-bond donors (Lipinski definition) is 1. The van der Waals surface area contributed by atoms with Gasteiger partial charge in [0.25, 0.3) is 0 Å². The molecule has 21 heavy (non-hydrogen) atoms.